The Morgan fingerprint density at radius 3 is 2.71 bits per heavy atom. The van der Waals surface area contributed by atoms with Crippen molar-refractivity contribution < 1.29 is 12.8 Å². The highest BCUT2D eigenvalue weighted by atomic mass is 35.5. The van der Waals surface area contributed by atoms with Crippen LogP contribution in [0.5, 0.6) is 0 Å². The monoisotopic (exact) mass is 280 g/mol. The Labute approximate surface area is 105 Å². The second-order valence-corrected chi connectivity index (χ2v) is 5.65. The van der Waals surface area contributed by atoms with Gasteiger partial charge in [-0.1, -0.05) is 18.5 Å². The minimum Gasteiger partial charge on any atom is -0.316 e. The van der Waals surface area contributed by atoms with E-state index >= 15 is 0 Å². The number of halogens is 2. The third kappa shape index (κ3) is 4.89. The van der Waals surface area contributed by atoms with Crippen molar-refractivity contribution in [2.45, 2.75) is 6.92 Å². The molecule has 1 aromatic carbocycles. The first-order valence-electron chi connectivity index (χ1n) is 5.11. The van der Waals surface area contributed by atoms with Crippen molar-refractivity contribution in [3.63, 3.8) is 0 Å². The summed E-state index contributed by atoms with van der Waals surface area (Å²) in [6.45, 7) is 2.93. The lowest BCUT2D eigenvalue weighted by molar-refractivity contribution is 0.597. The number of sulfonamides is 1. The highest BCUT2D eigenvalue weighted by Crippen LogP contribution is 2.19. The second kappa shape index (κ2) is 6.18. The summed E-state index contributed by atoms with van der Waals surface area (Å²) < 4.78 is 38.5. The Morgan fingerprint density at radius 2 is 2.12 bits per heavy atom. The summed E-state index contributed by atoms with van der Waals surface area (Å²) in [4.78, 5) is 0. The molecule has 0 aromatic heterocycles. The first-order chi connectivity index (χ1) is 7.94. The highest BCUT2D eigenvalue weighted by Gasteiger charge is 2.10. The summed E-state index contributed by atoms with van der Waals surface area (Å²) in [5.41, 5.74) is 0.170. The Morgan fingerprint density at radius 1 is 1.41 bits per heavy atom. The SMILES string of the molecule is CCNCCS(=O)(=O)Nc1ccc(Cl)c(F)c1. The predicted molar refractivity (Wildman–Crippen MR) is 67.4 cm³/mol. The zero-order chi connectivity index (χ0) is 12.9. The van der Waals surface area contributed by atoms with Crippen molar-refractivity contribution >= 4 is 27.3 Å². The number of rotatable bonds is 6. The maximum atomic E-state index is 13.1. The van der Waals surface area contributed by atoms with Crippen molar-refractivity contribution in [1.29, 1.82) is 0 Å². The van der Waals surface area contributed by atoms with Crippen molar-refractivity contribution in [1.82, 2.24) is 5.32 Å². The van der Waals surface area contributed by atoms with Crippen LogP contribution in [0.2, 0.25) is 5.02 Å². The minimum atomic E-state index is -3.46. The van der Waals surface area contributed by atoms with Gasteiger partial charge in [0.2, 0.25) is 10.0 Å². The van der Waals surface area contributed by atoms with E-state index in [0.717, 1.165) is 6.07 Å². The number of nitrogens with one attached hydrogen (secondary N) is 2. The first-order valence-corrected chi connectivity index (χ1v) is 7.14. The second-order valence-electron chi connectivity index (χ2n) is 3.40. The predicted octanol–water partition coefficient (Wildman–Crippen LogP) is 1.83. The van der Waals surface area contributed by atoms with E-state index in [1.165, 1.54) is 12.1 Å². The molecular weight excluding hydrogens is 267 g/mol. The topological polar surface area (TPSA) is 58.2 Å². The molecule has 1 rings (SSSR count). The summed E-state index contributed by atoms with van der Waals surface area (Å²) in [6.07, 6.45) is 0. The molecule has 7 heteroatoms. The lowest BCUT2D eigenvalue weighted by Crippen LogP contribution is -2.26. The van der Waals surface area contributed by atoms with Crippen LogP contribution in [0, 0.1) is 5.82 Å². The van der Waals surface area contributed by atoms with Crippen LogP contribution in [0.25, 0.3) is 0 Å². The van der Waals surface area contributed by atoms with Gasteiger partial charge in [-0.15, -0.1) is 0 Å². The molecule has 0 heterocycles. The van der Waals surface area contributed by atoms with Gasteiger partial charge in [-0.3, -0.25) is 4.72 Å². The molecule has 4 nitrogen and oxygen atoms in total. The van der Waals surface area contributed by atoms with Gasteiger partial charge < -0.3 is 5.32 Å². The third-order valence-electron chi connectivity index (χ3n) is 1.99. The van der Waals surface area contributed by atoms with Crippen molar-refractivity contribution in [2.75, 3.05) is 23.6 Å². The van der Waals surface area contributed by atoms with Gasteiger partial charge in [-0.2, -0.15) is 0 Å². The molecule has 0 amide bonds. The van der Waals surface area contributed by atoms with Crippen molar-refractivity contribution in [3.8, 4) is 0 Å². The number of benzene rings is 1. The lowest BCUT2D eigenvalue weighted by atomic mass is 10.3. The average molecular weight is 281 g/mol. The van der Waals surface area contributed by atoms with Crippen LogP contribution in [0.15, 0.2) is 18.2 Å². The fourth-order valence-corrected chi connectivity index (χ4v) is 2.29. The normalized spacial score (nSPS) is 11.5. The van der Waals surface area contributed by atoms with Crippen LogP contribution in [0.3, 0.4) is 0 Å². The van der Waals surface area contributed by atoms with E-state index in [0.29, 0.717) is 13.1 Å². The third-order valence-corrected chi connectivity index (χ3v) is 3.59. The van der Waals surface area contributed by atoms with E-state index in [1.807, 2.05) is 6.92 Å². The molecular formula is C10H14ClFN2O2S. The van der Waals surface area contributed by atoms with Gasteiger partial charge in [0.1, 0.15) is 5.82 Å². The zero-order valence-corrected chi connectivity index (χ0v) is 10.9. The first kappa shape index (κ1) is 14.2. The molecule has 2 N–H and O–H groups in total. The Balaban J connectivity index is 2.66. The van der Waals surface area contributed by atoms with E-state index in [2.05, 4.69) is 10.0 Å². The van der Waals surface area contributed by atoms with Crippen LogP contribution >= 0.6 is 11.6 Å². The maximum Gasteiger partial charge on any atom is 0.233 e. The van der Waals surface area contributed by atoms with Crippen LogP contribution < -0.4 is 10.0 Å². The molecule has 0 radical (unpaired) electrons. The Bertz CT molecular complexity index is 479. The van der Waals surface area contributed by atoms with E-state index < -0.39 is 15.8 Å². The largest absolute Gasteiger partial charge is 0.316 e. The van der Waals surface area contributed by atoms with E-state index in [1.54, 1.807) is 0 Å². The van der Waals surface area contributed by atoms with Crippen LogP contribution in [0.1, 0.15) is 6.92 Å². The molecule has 0 bridgehead atoms. The zero-order valence-electron chi connectivity index (χ0n) is 9.33. The Kier molecular flexibility index (Phi) is 5.17. The van der Waals surface area contributed by atoms with Crippen LogP contribution in [-0.4, -0.2) is 27.3 Å². The molecule has 0 saturated carbocycles. The molecule has 0 aliphatic carbocycles. The summed E-state index contributed by atoms with van der Waals surface area (Å²) >= 11 is 5.49. The highest BCUT2D eigenvalue weighted by molar-refractivity contribution is 7.92. The molecule has 0 fully saturated rings. The molecule has 17 heavy (non-hydrogen) atoms. The molecule has 0 atom stereocenters. The van der Waals surface area contributed by atoms with Crippen LogP contribution in [0.4, 0.5) is 10.1 Å². The molecule has 0 unspecified atom stereocenters. The minimum absolute atomic E-state index is 0.0411. The van der Waals surface area contributed by atoms with Gasteiger partial charge in [0.05, 0.1) is 16.5 Å². The van der Waals surface area contributed by atoms with Gasteiger partial charge in [0.25, 0.3) is 0 Å². The Hall–Kier alpha value is -0.850. The van der Waals surface area contributed by atoms with Gasteiger partial charge in [-0.05, 0) is 24.7 Å². The van der Waals surface area contributed by atoms with Gasteiger partial charge >= 0.3 is 0 Å². The standard InChI is InChI=1S/C10H14ClFN2O2S/c1-2-13-5-6-17(15,16)14-8-3-4-9(11)10(12)7-8/h3-4,7,13-14H,2,5-6H2,1H3. The molecule has 0 saturated heterocycles. The molecule has 1 aromatic rings. The summed E-state index contributed by atoms with van der Waals surface area (Å²) in [6, 6.07) is 3.77. The van der Waals surface area contributed by atoms with E-state index in [-0.39, 0.29) is 16.5 Å². The lowest BCUT2D eigenvalue weighted by Gasteiger charge is -2.08. The quantitative estimate of drug-likeness (QED) is 0.782. The van der Waals surface area contributed by atoms with Gasteiger partial charge in [0.15, 0.2) is 0 Å². The molecule has 0 aliphatic heterocycles. The van der Waals surface area contributed by atoms with E-state index in [4.69, 9.17) is 11.6 Å². The average Bonchev–Trinajstić information content (AvgIpc) is 2.23. The molecule has 0 aliphatic rings. The summed E-state index contributed by atoms with van der Waals surface area (Å²) in [5.74, 6) is -0.719. The van der Waals surface area contributed by atoms with E-state index in [9.17, 15) is 12.8 Å². The maximum absolute atomic E-state index is 13.1. The smallest absolute Gasteiger partial charge is 0.233 e. The van der Waals surface area contributed by atoms with Crippen molar-refractivity contribution in [3.05, 3.63) is 29.0 Å². The fraction of sp³-hybridized carbons (Fsp3) is 0.400. The molecule has 96 valence electrons. The summed E-state index contributed by atoms with van der Waals surface area (Å²) in [7, 11) is -3.46. The van der Waals surface area contributed by atoms with Gasteiger partial charge in [-0.25, -0.2) is 12.8 Å². The number of hydrogen-bond acceptors (Lipinski definition) is 3. The van der Waals surface area contributed by atoms with Crippen LogP contribution in [-0.2, 0) is 10.0 Å². The number of anilines is 1. The van der Waals surface area contributed by atoms with Gasteiger partial charge in [0, 0.05) is 6.54 Å². The fourth-order valence-electron chi connectivity index (χ4n) is 1.17. The molecule has 0 spiro atoms. The summed E-state index contributed by atoms with van der Waals surface area (Å²) in [5, 5.41) is 2.86. The van der Waals surface area contributed by atoms with Crippen molar-refractivity contribution in [2.24, 2.45) is 0 Å². The number of hydrogen-bond donors (Lipinski definition) is 2.